The highest BCUT2D eigenvalue weighted by Crippen LogP contribution is 2.29. The third-order valence-electron chi connectivity index (χ3n) is 5.28. The predicted octanol–water partition coefficient (Wildman–Crippen LogP) is 2.39. The Morgan fingerprint density at radius 1 is 1.23 bits per heavy atom. The summed E-state index contributed by atoms with van der Waals surface area (Å²) < 4.78 is 17.6. The Balaban J connectivity index is 1.41. The molecule has 10 heteroatoms. The van der Waals surface area contributed by atoms with Gasteiger partial charge in [0.25, 0.3) is 11.8 Å². The molecule has 158 valence electrons. The number of methoxy groups -OCH3 is 2. The van der Waals surface area contributed by atoms with Crippen molar-refractivity contribution in [3.8, 4) is 23.1 Å². The maximum Gasteiger partial charge on any atom is 0.280 e. The van der Waals surface area contributed by atoms with Crippen LogP contribution in [-0.2, 0) is 6.42 Å². The minimum Gasteiger partial charge on any atom is -0.497 e. The van der Waals surface area contributed by atoms with Gasteiger partial charge in [0.05, 0.1) is 32.0 Å². The molecule has 0 spiro atoms. The molecule has 3 aromatic rings. The molecule has 1 aliphatic rings. The summed E-state index contributed by atoms with van der Waals surface area (Å²) in [6.45, 7) is 3.20. The van der Waals surface area contributed by atoms with Gasteiger partial charge in [-0.1, -0.05) is 17.3 Å². The smallest absolute Gasteiger partial charge is 0.280 e. The first-order chi connectivity index (χ1) is 14.6. The molecule has 1 aromatic carbocycles. The van der Waals surface area contributed by atoms with Crippen LogP contribution in [0.15, 0.2) is 28.9 Å². The highest BCUT2D eigenvalue weighted by atomic mass is 16.5. The van der Waals surface area contributed by atoms with Crippen LogP contribution in [0.4, 0.5) is 0 Å². The molecule has 0 N–H and O–H groups in total. The molecule has 30 heavy (non-hydrogen) atoms. The molecule has 3 heterocycles. The largest absolute Gasteiger partial charge is 0.497 e. The van der Waals surface area contributed by atoms with Crippen LogP contribution in [0, 0.1) is 0 Å². The fourth-order valence-corrected chi connectivity index (χ4v) is 3.53. The fourth-order valence-electron chi connectivity index (χ4n) is 3.53. The summed E-state index contributed by atoms with van der Waals surface area (Å²) in [6, 6.07) is 5.38. The van der Waals surface area contributed by atoms with Crippen molar-refractivity contribution in [3.05, 3.63) is 35.8 Å². The first-order valence-corrected chi connectivity index (χ1v) is 9.89. The molecule has 4 rings (SSSR count). The number of nitrogens with zero attached hydrogens (tertiary/aromatic N) is 6. The van der Waals surface area contributed by atoms with E-state index in [0.29, 0.717) is 54.0 Å². The minimum atomic E-state index is -0.0508. The molecule has 0 radical (unpaired) electrons. The van der Waals surface area contributed by atoms with Crippen LogP contribution in [0.1, 0.15) is 42.0 Å². The van der Waals surface area contributed by atoms with Gasteiger partial charge in [0.1, 0.15) is 11.5 Å². The van der Waals surface area contributed by atoms with Gasteiger partial charge < -0.3 is 18.9 Å². The Morgan fingerprint density at radius 3 is 2.70 bits per heavy atom. The second-order valence-corrected chi connectivity index (χ2v) is 7.04. The molecule has 0 bridgehead atoms. The monoisotopic (exact) mass is 412 g/mol. The standard InChI is InChI=1S/C20H24N6O4/c1-4-18-21-19(30-23-18)16-12-26(24-22-16)13-7-9-25(10-8-13)20(27)15-6-5-14(28-2)11-17(15)29-3/h5-6,11-13H,4,7-10H2,1-3H3. The normalized spacial score (nSPS) is 14.7. The first kappa shape index (κ1) is 19.9. The Morgan fingerprint density at radius 2 is 2.03 bits per heavy atom. The molecule has 1 fully saturated rings. The second-order valence-electron chi connectivity index (χ2n) is 7.04. The summed E-state index contributed by atoms with van der Waals surface area (Å²) in [5, 5.41) is 12.3. The molecule has 10 nitrogen and oxygen atoms in total. The lowest BCUT2D eigenvalue weighted by Gasteiger charge is -2.32. The highest BCUT2D eigenvalue weighted by molar-refractivity contribution is 5.97. The number of amides is 1. The summed E-state index contributed by atoms with van der Waals surface area (Å²) in [5.41, 5.74) is 1.09. The number of benzene rings is 1. The Hall–Kier alpha value is -3.43. The van der Waals surface area contributed by atoms with E-state index in [1.807, 2.05) is 22.7 Å². The van der Waals surface area contributed by atoms with Gasteiger partial charge in [-0.2, -0.15) is 4.98 Å². The minimum absolute atomic E-state index is 0.0508. The number of aromatic nitrogens is 5. The van der Waals surface area contributed by atoms with Crippen molar-refractivity contribution in [1.29, 1.82) is 0 Å². The molecule has 2 aromatic heterocycles. The van der Waals surface area contributed by atoms with Gasteiger partial charge >= 0.3 is 0 Å². The molecule has 1 saturated heterocycles. The fraction of sp³-hybridized carbons (Fsp3) is 0.450. The zero-order valence-corrected chi connectivity index (χ0v) is 17.2. The van der Waals surface area contributed by atoms with E-state index >= 15 is 0 Å². The van der Waals surface area contributed by atoms with Crippen LogP contribution < -0.4 is 9.47 Å². The number of hydrogen-bond donors (Lipinski definition) is 0. The SMILES string of the molecule is CCc1noc(-c2cn(C3CCN(C(=O)c4ccc(OC)cc4OC)CC3)nn2)n1. The van der Waals surface area contributed by atoms with Crippen LogP contribution in [-0.4, -0.2) is 63.3 Å². The Labute approximate surface area is 173 Å². The number of piperidine rings is 1. The van der Waals surface area contributed by atoms with Crippen molar-refractivity contribution in [2.24, 2.45) is 0 Å². The lowest BCUT2D eigenvalue weighted by molar-refractivity contribution is 0.0686. The molecule has 1 amide bonds. The van der Waals surface area contributed by atoms with Crippen molar-refractivity contribution in [1.82, 2.24) is 30.0 Å². The van der Waals surface area contributed by atoms with E-state index in [-0.39, 0.29) is 11.9 Å². The zero-order valence-electron chi connectivity index (χ0n) is 17.2. The lowest BCUT2D eigenvalue weighted by atomic mass is 10.0. The van der Waals surface area contributed by atoms with Gasteiger partial charge in [0.15, 0.2) is 11.5 Å². The summed E-state index contributed by atoms with van der Waals surface area (Å²) in [4.78, 5) is 19.1. The van der Waals surface area contributed by atoms with Crippen LogP contribution in [0.25, 0.3) is 11.6 Å². The number of likely N-dealkylation sites (tertiary alicyclic amines) is 1. The van der Waals surface area contributed by atoms with Gasteiger partial charge in [0, 0.05) is 25.6 Å². The van der Waals surface area contributed by atoms with E-state index in [1.54, 1.807) is 32.4 Å². The number of aryl methyl sites for hydroxylation is 1. The van der Waals surface area contributed by atoms with E-state index in [9.17, 15) is 4.79 Å². The summed E-state index contributed by atoms with van der Waals surface area (Å²) in [5.74, 6) is 2.12. The Kier molecular flexibility index (Phi) is 5.64. The van der Waals surface area contributed by atoms with Crippen LogP contribution in [0.3, 0.4) is 0 Å². The van der Waals surface area contributed by atoms with Crippen molar-refractivity contribution in [3.63, 3.8) is 0 Å². The van der Waals surface area contributed by atoms with Crippen LogP contribution >= 0.6 is 0 Å². The third-order valence-corrected chi connectivity index (χ3v) is 5.28. The molecule has 1 aliphatic heterocycles. The number of ether oxygens (including phenoxy) is 2. The van der Waals surface area contributed by atoms with Gasteiger partial charge in [-0.05, 0) is 25.0 Å². The van der Waals surface area contributed by atoms with Crippen molar-refractivity contribution >= 4 is 5.91 Å². The van der Waals surface area contributed by atoms with E-state index in [2.05, 4.69) is 20.5 Å². The zero-order chi connectivity index (χ0) is 21.1. The maximum absolute atomic E-state index is 13.0. The maximum atomic E-state index is 13.0. The first-order valence-electron chi connectivity index (χ1n) is 9.89. The molecular formula is C20H24N6O4. The molecule has 0 unspecified atom stereocenters. The highest BCUT2D eigenvalue weighted by Gasteiger charge is 2.27. The topological polar surface area (TPSA) is 108 Å². The quantitative estimate of drug-likeness (QED) is 0.607. The molecule has 0 atom stereocenters. The van der Waals surface area contributed by atoms with Gasteiger partial charge in [-0.3, -0.25) is 4.79 Å². The van der Waals surface area contributed by atoms with Crippen LogP contribution in [0.5, 0.6) is 11.5 Å². The van der Waals surface area contributed by atoms with E-state index in [4.69, 9.17) is 14.0 Å². The van der Waals surface area contributed by atoms with E-state index in [0.717, 1.165) is 12.8 Å². The van der Waals surface area contributed by atoms with E-state index in [1.165, 1.54) is 0 Å². The summed E-state index contributed by atoms with van der Waals surface area (Å²) in [6.07, 6.45) is 4.07. The Bertz CT molecular complexity index is 1020. The van der Waals surface area contributed by atoms with Crippen LogP contribution in [0.2, 0.25) is 0 Å². The van der Waals surface area contributed by atoms with Crippen molar-refractivity contribution in [2.45, 2.75) is 32.2 Å². The predicted molar refractivity (Wildman–Crippen MR) is 106 cm³/mol. The van der Waals surface area contributed by atoms with Gasteiger partial charge in [-0.25, -0.2) is 4.68 Å². The third kappa shape index (κ3) is 3.85. The second kappa shape index (κ2) is 8.52. The van der Waals surface area contributed by atoms with Crippen molar-refractivity contribution < 1.29 is 18.8 Å². The van der Waals surface area contributed by atoms with Gasteiger partial charge in [-0.15, -0.1) is 5.10 Å². The average Bonchev–Trinajstić information content (AvgIpc) is 3.48. The number of carbonyl (C=O) groups is 1. The summed E-state index contributed by atoms with van der Waals surface area (Å²) in [7, 11) is 3.13. The number of carbonyl (C=O) groups excluding carboxylic acids is 1. The number of hydrogen-bond acceptors (Lipinski definition) is 8. The molecule has 0 aliphatic carbocycles. The molecule has 0 saturated carbocycles. The average molecular weight is 412 g/mol. The summed E-state index contributed by atoms with van der Waals surface area (Å²) >= 11 is 0. The number of rotatable bonds is 6. The molecular weight excluding hydrogens is 388 g/mol. The van der Waals surface area contributed by atoms with E-state index < -0.39 is 0 Å². The lowest BCUT2D eigenvalue weighted by Crippen LogP contribution is -2.39. The van der Waals surface area contributed by atoms with Crippen molar-refractivity contribution in [2.75, 3.05) is 27.3 Å². The van der Waals surface area contributed by atoms with Gasteiger partial charge in [0.2, 0.25) is 0 Å².